The van der Waals surface area contributed by atoms with Gasteiger partial charge in [0.05, 0.1) is 13.2 Å². The third kappa shape index (κ3) is 28.8. The first kappa shape index (κ1) is 52.5. The number of hydrogen-bond donors (Lipinski definition) is 4. The molecule has 0 aromatic heterocycles. The van der Waals surface area contributed by atoms with Crippen LogP contribution in [0.3, 0.4) is 0 Å². The Balaban J connectivity index is 2.23. The second-order valence-corrected chi connectivity index (χ2v) is 16.2. The monoisotopic (exact) mass is 799 g/mol. The fourth-order valence-electron chi connectivity index (χ4n) is 7.19. The molecule has 0 aromatic rings. The SMILES string of the molecule is CCC/C=C\CCCCCCCC(=O)OC(COC(=O)CCCCCCCCCCCCCCCCCCCCCCC)COC1OC(CO)C(O)C(O)C1O. The van der Waals surface area contributed by atoms with Gasteiger partial charge in [0.15, 0.2) is 12.4 Å². The van der Waals surface area contributed by atoms with E-state index in [1.165, 1.54) is 116 Å². The van der Waals surface area contributed by atoms with E-state index in [4.69, 9.17) is 18.9 Å². The number of esters is 2. The van der Waals surface area contributed by atoms with Gasteiger partial charge in [-0.15, -0.1) is 0 Å². The highest BCUT2D eigenvalue weighted by Gasteiger charge is 2.44. The van der Waals surface area contributed by atoms with Crippen LogP contribution in [0, 0.1) is 0 Å². The Morgan fingerprint density at radius 3 is 1.46 bits per heavy atom. The average molecular weight is 799 g/mol. The van der Waals surface area contributed by atoms with Crippen LogP contribution in [-0.4, -0.2) is 89.0 Å². The Labute approximate surface area is 341 Å². The fourth-order valence-corrected chi connectivity index (χ4v) is 7.19. The highest BCUT2D eigenvalue weighted by Crippen LogP contribution is 2.23. The molecule has 0 radical (unpaired) electrons. The van der Waals surface area contributed by atoms with Crippen molar-refractivity contribution in [1.82, 2.24) is 0 Å². The summed E-state index contributed by atoms with van der Waals surface area (Å²) in [6, 6.07) is 0. The number of aliphatic hydroxyl groups is 4. The molecule has 0 amide bonds. The van der Waals surface area contributed by atoms with Crippen LogP contribution in [0.5, 0.6) is 0 Å². The van der Waals surface area contributed by atoms with Crippen molar-refractivity contribution in [3.05, 3.63) is 12.2 Å². The first-order valence-corrected chi connectivity index (χ1v) is 23.3. The van der Waals surface area contributed by atoms with Crippen LogP contribution in [0.2, 0.25) is 0 Å². The summed E-state index contributed by atoms with van der Waals surface area (Å²) in [4.78, 5) is 25.3. The quantitative estimate of drug-likeness (QED) is 0.0269. The van der Waals surface area contributed by atoms with E-state index < -0.39 is 49.4 Å². The molecule has 0 bridgehead atoms. The largest absolute Gasteiger partial charge is 0.462 e. The average Bonchev–Trinajstić information content (AvgIpc) is 3.19. The molecule has 330 valence electrons. The molecule has 1 aliphatic rings. The number of rotatable bonds is 39. The number of ether oxygens (including phenoxy) is 4. The summed E-state index contributed by atoms with van der Waals surface area (Å²) in [7, 11) is 0. The summed E-state index contributed by atoms with van der Waals surface area (Å²) in [5, 5.41) is 40.0. The van der Waals surface area contributed by atoms with Crippen LogP contribution in [0.4, 0.5) is 0 Å². The van der Waals surface area contributed by atoms with E-state index >= 15 is 0 Å². The summed E-state index contributed by atoms with van der Waals surface area (Å²) < 4.78 is 22.1. The van der Waals surface area contributed by atoms with Crippen LogP contribution in [0.15, 0.2) is 12.2 Å². The Morgan fingerprint density at radius 1 is 0.536 bits per heavy atom. The highest BCUT2D eigenvalue weighted by molar-refractivity contribution is 5.70. The predicted molar refractivity (Wildman–Crippen MR) is 224 cm³/mol. The lowest BCUT2D eigenvalue weighted by atomic mass is 9.99. The molecule has 10 nitrogen and oxygen atoms in total. The van der Waals surface area contributed by atoms with Crippen molar-refractivity contribution in [2.75, 3.05) is 19.8 Å². The van der Waals surface area contributed by atoms with Gasteiger partial charge in [-0.2, -0.15) is 0 Å². The van der Waals surface area contributed by atoms with Gasteiger partial charge in [0, 0.05) is 12.8 Å². The molecule has 56 heavy (non-hydrogen) atoms. The second-order valence-electron chi connectivity index (χ2n) is 16.2. The normalized spacial score (nSPS) is 20.4. The molecule has 0 aliphatic carbocycles. The first-order chi connectivity index (χ1) is 27.3. The van der Waals surface area contributed by atoms with E-state index in [1.807, 2.05) is 0 Å². The van der Waals surface area contributed by atoms with E-state index in [0.717, 1.165) is 64.2 Å². The molecule has 1 aliphatic heterocycles. The molecule has 0 spiro atoms. The number of allylic oxidation sites excluding steroid dienone is 2. The van der Waals surface area contributed by atoms with E-state index in [1.54, 1.807) is 0 Å². The molecular weight excluding hydrogens is 712 g/mol. The minimum absolute atomic E-state index is 0.215. The van der Waals surface area contributed by atoms with Crippen LogP contribution in [0.1, 0.15) is 213 Å². The summed E-state index contributed by atoms with van der Waals surface area (Å²) in [6.07, 6.45) is 32.4. The van der Waals surface area contributed by atoms with Crippen LogP contribution in [-0.2, 0) is 28.5 Å². The maximum Gasteiger partial charge on any atom is 0.306 e. The van der Waals surface area contributed by atoms with Crippen LogP contribution >= 0.6 is 0 Å². The zero-order valence-electron chi connectivity index (χ0n) is 35.9. The van der Waals surface area contributed by atoms with Crippen LogP contribution < -0.4 is 0 Å². The van der Waals surface area contributed by atoms with Crippen molar-refractivity contribution >= 4 is 11.9 Å². The van der Waals surface area contributed by atoms with Crippen molar-refractivity contribution < 1.29 is 49.0 Å². The van der Waals surface area contributed by atoms with E-state index in [9.17, 15) is 30.0 Å². The van der Waals surface area contributed by atoms with Gasteiger partial charge in [0.1, 0.15) is 31.0 Å². The number of carbonyl (C=O) groups is 2. The molecule has 6 unspecified atom stereocenters. The molecule has 1 heterocycles. The Morgan fingerprint density at radius 2 is 0.982 bits per heavy atom. The van der Waals surface area contributed by atoms with Gasteiger partial charge < -0.3 is 39.4 Å². The van der Waals surface area contributed by atoms with Crippen molar-refractivity contribution in [1.29, 1.82) is 0 Å². The predicted octanol–water partition coefficient (Wildman–Crippen LogP) is 9.95. The smallest absolute Gasteiger partial charge is 0.306 e. The standard InChI is InChI=1S/C46H86O10/c1-3-5-7-9-11-13-15-16-17-18-19-20-21-22-23-24-25-27-28-30-32-34-41(48)53-37-39(38-54-46-45(52)44(51)43(50)40(36-47)56-46)55-42(49)35-33-31-29-26-14-12-10-8-6-4-2/h8,10,39-40,43-47,50-52H,3-7,9,11-38H2,1-2H3/b10-8-. The third-order valence-corrected chi connectivity index (χ3v) is 10.9. The second kappa shape index (κ2) is 37.7. The molecule has 1 saturated heterocycles. The van der Waals surface area contributed by atoms with E-state index in [0.29, 0.717) is 6.42 Å². The minimum Gasteiger partial charge on any atom is -0.462 e. The first-order valence-electron chi connectivity index (χ1n) is 23.3. The lowest BCUT2D eigenvalue weighted by Gasteiger charge is -2.39. The van der Waals surface area contributed by atoms with E-state index in [-0.39, 0.29) is 32.0 Å². The van der Waals surface area contributed by atoms with Crippen molar-refractivity contribution in [3.8, 4) is 0 Å². The van der Waals surface area contributed by atoms with Gasteiger partial charge >= 0.3 is 11.9 Å². The third-order valence-electron chi connectivity index (χ3n) is 10.9. The lowest BCUT2D eigenvalue weighted by Crippen LogP contribution is -2.59. The number of hydrogen-bond acceptors (Lipinski definition) is 10. The molecular formula is C46H86O10. The Bertz CT molecular complexity index is 928. The van der Waals surface area contributed by atoms with Gasteiger partial charge in [-0.3, -0.25) is 9.59 Å². The summed E-state index contributed by atoms with van der Waals surface area (Å²) in [5.41, 5.74) is 0. The zero-order valence-corrected chi connectivity index (χ0v) is 35.9. The molecule has 1 fully saturated rings. The van der Waals surface area contributed by atoms with E-state index in [2.05, 4.69) is 26.0 Å². The van der Waals surface area contributed by atoms with Crippen molar-refractivity contribution in [3.63, 3.8) is 0 Å². The van der Waals surface area contributed by atoms with Gasteiger partial charge in [-0.05, 0) is 32.1 Å². The summed E-state index contributed by atoms with van der Waals surface area (Å²) >= 11 is 0. The molecule has 0 aromatic carbocycles. The van der Waals surface area contributed by atoms with Crippen LogP contribution in [0.25, 0.3) is 0 Å². The van der Waals surface area contributed by atoms with Gasteiger partial charge in [0.2, 0.25) is 0 Å². The summed E-state index contributed by atoms with van der Waals surface area (Å²) in [6.45, 7) is 3.37. The number of unbranched alkanes of at least 4 members (excludes halogenated alkanes) is 26. The molecule has 4 N–H and O–H groups in total. The van der Waals surface area contributed by atoms with Gasteiger partial charge in [0.25, 0.3) is 0 Å². The summed E-state index contributed by atoms with van der Waals surface area (Å²) in [5.74, 6) is -0.809. The van der Waals surface area contributed by atoms with Crippen molar-refractivity contribution in [2.45, 2.75) is 250 Å². The number of aliphatic hydroxyl groups excluding tert-OH is 4. The molecule has 1 rings (SSSR count). The Hall–Kier alpha value is -1.56. The molecule has 0 saturated carbocycles. The Kier molecular flexibility index (Phi) is 35.3. The topological polar surface area (TPSA) is 152 Å². The van der Waals surface area contributed by atoms with Gasteiger partial charge in [-0.25, -0.2) is 0 Å². The molecule has 10 heteroatoms. The van der Waals surface area contributed by atoms with Gasteiger partial charge in [-0.1, -0.05) is 180 Å². The number of carbonyl (C=O) groups excluding carboxylic acids is 2. The van der Waals surface area contributed by atoms with Crippen molar-refractivity contribution in [2.24, 2.45) is 0 Å². The minimum atomic E-state index is -1.59. The molecule has 6 atom stereocenters. The zero-order chi connectivity index (χ0) is 40.9. The fraction of sp³-hybridized carbons (Fsp3) is 0.913. The maximum absolute atomic E-state index is 12.7. The highest BCUT2D eigenvalue weighted by atomic mass is 16.7. The maximum atomic E-state index is 12.7. The lowest BCUT2D eigenvalue weighted by molar-refractivity contribution is -0.305.